The van der Waals surface area contributed by atoms with Gasteiger partial charge in [0.25, 0.3) is 0 Å². The Morgan fingerprint density at radius 1 is 1.30 bits per heavy atom. The van der Waals surface area contributed by atoms with Gasteiger partial charge in [0.15, 0.2) is 5.69 Å². The molecule has 0 bridgehead atoms. The summed E-state index contributed by atoms with van der Waals surface area (Å²) in [6.45, 7) is 0. The Morgan fingerprint density at radius 2 is 2.00 bits per heavy atom. The summed E-state index contributed by atoms with van der Waals surface area (Å²) in [7, 11) is 0. The molecule has 7 nitrogen and oxygen atoms in total. The maximum absolute atomic E-state index is 12.9. The molecule has 0 aliphatic carbocycles. The van der Waals surface area contributed by atoms with Gasteiger partial charge in [-0.1, -0.05) is 0 Å². The predicted octanol–water partition coefficient (Wildman–Crippen LogP) is 2.05. The number of anilines is 1. The van der Waals surface area contributed by atoms with Crippen molar-refractivity contribution in [2.75, 3.05) is 5.73 Å². The van der Waals surface area contributed by atoms with E-state index in [0.717, 1.165) is 18.7 Å². The normalized spacial score (nSPS) is 11.3. The van der Waals surface area contributed by atoms with Crippen molar-refractivity contribution in [1.82, 2.24) is 15.0 Å². The first kappa shape index (κ1) is 13.6. The lowest BCUT2D eigenvalue weighted by Gasteiger charge is -2.11. The largest absolute Gasteiger partial charge is 0.417 e. The quantitative estimate of drug-likeness (QED) is 0.668. The van der Waals surface area contributed by atoms with Crippen LogP contribution in [0.5, 0.6) is 0 Å². The number of alkyl halides is 3. The molecule has 0 aliphatic heterocycles. The highest BCUT2D eigenvalue weighted by Crippen LogP contribution is 2.39. The van der Waals surface area contributed by atoms with E-state index in [1.54, 1.807) is 0 Å². The molecule has 0 amide bonds. The third-order valence-corrected chi connectivity index (χ3v) is 2.41. The van der Waals surface area contributed by atoms with Gasteiger partial charge < -0.3 is 5.73 Å². The smallest absolute Gasteiger partial charge is 0.378 e. The Balaban J connectivity index is 2.77. The monoisotopic (exact) mass is 285 g/mol. The summed E-state index contributed by atoms with van der Waals surface area (Å²) < 4.78 is 38.7. The molecule has 0 saturated heterocycles. The van der Waals surface area contributed by atoms with Gasteiger partial charge in [0.2, 0.25) is 5.82 Å². The number of aromatic nitrogens is 3. The second kappa shape index (κ2) is 4.72. The Kier molecular flexibility index (Phi) is 3.22. The second-order valence-electron chi connectivity index (χ2n) is 3.63. The van der Waals surface area contributed by atoms with Crippen molar-refractivity contribution in [3.63, 3.8) is 0 Å². The molecule has 2 heterocycles. The average Bonchev–Trinajstić information content (AvgIpc) is 2.37. The van der Waals surface area contributed by atoms with E-state index >= 15 is 0 Å². The highest BCUT2D eigenvalue weighted by Gasteiger charge is 2.36. The minimum absolute atomic E-state index is 0.517. The molecule has 0 saturated carbocycles. The zero-order valence-corrected chi connectivity index (χ0v) is 9.63. The van der Waals surface area contributed by atoms with Gasteiger partial charge in [-0.05, 0) is 6.07 Å². The molecule has 0 unspecified atom stereocenters. The van der Waals surface area contributed by atoms with E-state index in [4.69, 9.17) is 5.73 Å². The molecular formula is C10H6F3N5O2. The minimum atomic E-state index is -4.70. The van der Waals surface area contributed by atoms with Crippen molar-refractivity contribution in [2.24, 2.45) is 0 Å². The van der Waals surface area contributed by atoms with Crippen LogP contribution in [0.2, 0.25) is 0 Å². The molecule has 20 heavy (non-hydrogen) atoms. The van der Waals surface area contributed by atoms with Crippen molar-refractivity contribution in [3.8, 4) is 11.3 Å². The van der Waals surface area contributed by atoms with Crippen molar-refractivity contribution >= 4 is 11.5 Å². The Labute approximate surface area is 109 Å². The van der Waals surface area contributed by atoms with Gasteiger partial charge in [-0.3, -0.25) is 15.1 Å². The van der Waals surface area contributed by atoms with Gasteiger partial charge in [0.05, 0.1) is 10.5 Å². The van der Waals surface area contributed by atoms with Crippen LogP contribution in [0.25, 0.3) is 11.3 Å². The Bertz CT molecular complexity index is 674. The third-order valence-electron chi connectivity index (χ3n) is 2.41. The van der Waals surface area contributed by atoms with Crippen LogP contribution in [0.3, 0.4) is 0 Å². The molecule has 0 radical (unpaired) electrons. The van der Waals surface area contributed by atoms with Gasteiger partial charge in [0, 0.05) is 18.0 Å². The van der Waals surface area contributed by atoms with Gasteiger partial charge in [-0.25, -0.2) is 9.97 Å². The van der Waals surface area contributed by atoms with Gasteiger partial charge in [0.1, 0.15) is 6.33 Å². The topological polar surface area (TPSA) is 108 Å². The van der Waals surface area contributed by atoms with Crippen LogP contribution in [0.1, 0.15) is 5.56 Å². The van der Waals surface area contributed by atoms with Crippen molar-refractivity contribution in [2.45, 2.75) is 6.18 Å². The first-order valence-corrected chi connectivity index (χ1v) is 5.09. The molecular weight excluding hydrogens is 279 g/mol. The summed E-state index contributed by atoms with van der Waals surface area (Å²) in [5, 5.41) is 10.9. The van der Waals surface area contributed by atoms with Gasteiger partial charge >= 0.3 is 11.9 Å². The first-order valence-electron chi connectivity index (χ1n) is 5.09. The number of halogens is 3. The van der Waals surface area contributed by atoms with E-state index < -0.39 is 39.4 Å². The lowest BCUT2D eigenvalue weighted by molar-refractivity contribution is -0.383. The second-order valence-corrected chi connectivity index (χ2v) is 3.63. The fourth-order valence-corrected chi connectivity index (χ4v) is 1.60. The van der Waals surface area contributed by atoms with E-state index in [-0.39, 0.29) is 0 Å². The van der Waals surface area contributed by atoms with Crippen LogP contribution in [0, 0.1) is 10.1 Å². The summed E-state index contributed by atoms with van der Waals surface area (Å²) >= 11 is 0. The minimum Gasteiger partial charge on any atom is -0.378 e. The highest BCUT2D eigenvalue weighted by molar-refractivity contribution is 5.77. The average molecular weight is 285 g/mol. The molecule has 2 aromatic rings. The molecule has 0 aromatic carbocycles. The van der Waals surface area contributed by atoms with Crippen LogP contribution in [-0.2, 0) is 6.18 Å². The predicted molar refractivity (Wildman–Crippen MR) is 61.3 cm³/mol. The number of rotatable bonds is 2. The summed E-state index contributed by atoms with van der Waals surface area (Å²) in [5.74, 6) is -0.517. The molecule has 0 spiro atoms. The SMILES string of the molecule is Nc1ncnc(-c2cnccc2C(F)(F)F)c1[N+](=O)[O-]. The number of nitrogens with two attached hydrogens (primary N) is 1. The zero-order chi connectivity index (χ0) is 14.9. The molecule has 2 N–H and O–H groups in total. The Hall–Kier alpha value is -2.78. The molecule has 0 atom stereocenters. The van der Waals surface area contributed by atoms with Crippen LogP contribution in [-0.4, -0.2) is 19.9 Å². The van der Waals surface area contributed by atoms with Crippen LogP contribution in [0.4, 0.5) is 24.7 Å². The standard InChI is InChI=1S/C10H6F3N5O2/c11-10(12,13)6-1-2-15-3-5(6)7-8(18(19)20)9(14)17-4-16-7/h1-4H,(H2,14,16,17). The van der Waals surface area contributed by atoms with E-state index in [0.29, 0.717) is 6.07 Å². The summed E-state index contributed by atoms with van der Waals surface area (Å²) in [4.78, 5) is 20.5. The third kappa shape index (κ3) is 2.35. The van der Waals surface area contributed by atoms with E-state index in [1.165, 1.54) is 0 Å². The Morgan fingerprint density at radius 3 is 2.60 bits per heavy atom. The van der Waals surface area contributed by atoms with E-state index in [2.05, 4.69) is 15.0 Å². The molecule has 0 aliphatic rings. The van der Waals surface area contributed by atoms with Crippen molar-refractivity contribution in [1.29, 1.82) is 0 Å². The number of nitrogen functional groups attached to an aromatic ring is 1. The molecule has 10 heteroatoms. The van der Waals surface area contributed by atoms with Gasteiger partial charge in [-0.2, -0.15) is 13.2 Å². The number of nitro groups is 1. The van der Waals surface area contributed by atoms with Gasteiger partial charge in [-0.15, -0.1) is 0 Å². The molecule has 104 valence electrons. The van der Waals surface area contributed by atoms with Crippen LogP contribution < -0.4 is 5.73 Å². The van der Waals surface area contributed by atoms with E-state index in [1.807, 2.05) is 0 Å². The van der Waals surface area contributed by atoms with E-state index in [9.17, 15) is 23.3 Å². The van der Waals surface area contributed by atoms with Crippen LogP contribution in [0.15, 0.2) is 24.8 Å². The summed E-state index contributed by atoms with van der Waals surface area (Å²) in [6, 6.07) is 0.706. The number of hydrogen-bond acceptors (Lipinski definition) is 6. The first-order chi connectivity index (χ1) is 9.32. The molecule has 2 rings (SSSR count). The van der Waals surface area contributed by atoms with Crippen molar-refractivity contribution in [3.05, 3.63) is 40.5 Å². The zero-order valence-electron chi connectivity index (χ0n) is 9.63. The highest BCUT2D eigenvalue weighted by atomic mass is 19.4. The summed E-state index contributed by atoms with van der Waals surface area (Å²) in [6.07, 6.45) is -2.07. The maximum Gasteiger partial charge on any atom is 0.417 e. The number of hydrogen-bond donors (Lipinski definition) is 1. The molecule has 2 aromatic heterocycles. The number of pyridine rings is 1. The lowest BCUT2D eigenvalue weighted by Crippen LogP contribution is -2.10. The van der Waals surface area contributed by atoms with Crippen LogP contribution >= 0.6 is 0 Å². The molecule has 0 fully saturated rings. The maximum atomic E-state index is 12.9. The van der Waals surface area contributed by atoms with Crippen molar-refractivity contribution < 1.29 is 18.1 Å². The fraction of sp³-hybridized carbons (Fsp3) is 0.100. The lowest BCUT2D eigenvalue weighted by atomic mass is 10.1. The fourth-order valence-electron chi connectivity index (χ4n) is 1.60. The summed E-state index contributed by atoms with van der Waals surface area (Å²) in [5.41, 5.74) is 2.40. The number of nitrogens with zero attached hydrogens (tertiary/aromatic N) is 4.